The largest absolute Gasteiger partial charge is 0.423 e. The van der Waals surface area contributed by atoms with E-state index in [4.69, 9.17) is 9.47 Å². The molecule has 0 radical (unpaired) electrons. The second-order valence-corrected chi connectivity index (χ2v) is 6.17. The number of aliphatic hydroxyl groups is 2. The van der Waals surface area contributed by atoms with Gasteiger partial charge < -0.3 is 24.3 Å². The van der Waals surface area contributed by atoms with E-state index in [2.05, 4.69) is 4.98 Å². The Balaban J connectivity index is 1.60. The maximum absolute atomic E-state index is 12.2. The molecule has 26 heavy (non-hydrogen) atoms. The van der Waals surface area contributed by atoms with Crippen molar-refractivity contribution in [3.8, 4) is 5.75 Å². The minimum atomic E-state index is -0.735. The van der Waals surface area contributed by atoms with Crippen LogP contribution in [0, 0.1) is 0 Å². The van der Waals surface area contributed by atoms with Gasteiger partial charge in [0.1, 0.15) is 18.1 Å². The van der Waals surface area contributed by atoms with E-state index in [9.17, 15) is 15.0 Å². The lowest BCUT2D eigenvalue weighted by Crippen LogP contribution is -2.24. The first-order valence-electron chi connectivity index (χ1n) is 8.34. The number of hydrogen-bond donors (Lipinski definition) is 2. The first-order chi connectivity index (χ1) is 12.7. The molecule has 1 aliphatic rings. The van der Waals surface area contributed by atoms with Crippen LogP contribution >= 0.6 is 0 Å². The fourth-order valence-corrected chi connectivity index (χ4v) is 3.09. The van der Waals surface area contributed by atoms with Crippen LogP contribution in [-0.4, -0.2) is 44.5 Å². The number of hydrogen-bond acceptors (Lipinski definition) is 6. The van der Waals surface area contributed by atoms with E-state index in [1.54, 1.807) is 53.4 Å². The van der Waals surface area contributed by atoms with Gasteiger partial charge in [0, 0.05) is 12.5 Å². The van der Waals surface area contributed by atoms with Crippen molar-refractivity contribution in [1.82, 2.24) is 9.55 Å². The molecule has 0 saturated carbocycles. The highest BCUT2D eigenvalue weighted by molar-refractivity contribution is 5.91. The van der Waals surface area contributed by atoms with Crippen LogP contribution in [0.3, 0.4) is 0 Å². The van der Waals surface area contributed by atoms with Crippen molar-refractivity contribution >= 4 is 17.0 Å². The molecule has 134 valence electrons. The Hall–Kier alpha value is -2.74. The molecule has 0 aliphatic carbocycles. The SMILES string of the molecule is O=C(Oc1ccc2ncn([C@H]3C[C@H](O)[C@@H](CO)O3)c2c1)c1ccccc1. The number of ether oxygens (including phenoxy) is 2. The standard InChI is InChI=1S/C19H18N2O5/c22-10-17-16(23)9-18(26-17)21-11-20-14-7-6-13(8-15(14)21)25-19(24)12-4-2-1-3-5-12/h1-8,11,16-18,22-23H,9-10H2/t16-,17+,18+/m0/s1. The van der Waals surface area contributed by atoms with E-state index in [-0.39, 0.29) is 6.61 Å². The number of rotatable bonds is 4. The van der Waals surface area contributed by atoms with Crippen LogP contribution in [0.25, 0.3) is 11.0 Å². The van der Waals surface area contributed by atoms with Crippen molar-refractivity contribution < 1.29 is 24.5 Å². The molecule has 3 atom stereocenters. The van der Waals surface area contributed by atoms with Crippen molar-refractivity contribution in [1.29, 1.82) is 0 Å². The van der Waals surface area contributed by atoms with Crippen molar-refractivity contribution in [2.75, 3.05) is 6.61 Å². The van der Waals surface area contributed by atoms with Gasteiger partial charge in [0.05, 0.1) is 35.6 Å². The normalized spacial score (nSPS) is 22.6. The Morgan fingerprint density at radius 2 is 2.08 bits per heavy atom. The topological polar surface area (TPSA) is 93.8 Å². The van der Waals surface area contributed by atoms with Gasteiger partial charge in [-0.2, -0.15) is 0 Å². The molecule has 2 heterocycles. The third-order valence-corrected chi connectivity index (χ3v) is 4.46. The van der Waals surface area contributed by atoms with Gasteiger partial charge in [-0.1, -0.05) is 18.2 Å². The van der Waals surface area contributed by atoms with Gasteiger partial charge in [0.2, 0.25) is 0 Å². The smallest absolute Gasteiger partial charge is 0.343 e. The monoisotopic (exact) mass is 354 g/mol. The fraction of sp³-hybridized carbons (Fsp3) is 0.263. The van der Waals surface area contributed by atoms with Gasteiger partial charge in [-0.25, -0.2) is 9.78 Å². The third-order valence-electron chi connectivity index (χ3n) is 4.46. The van der Waals surface area contributed by atoms with E-state index in [1.807, 2.05) is 6.07 Å². The van der Waals surface area contributed by atoms with E-state index in [1.165, 1.54) is 0 Å². The molecule has 3 aromatic rings. The van der Waals surface area contributed by atoms with Crippen molar-refractivity contribution in [2.45, 2.75) is 24.9 Å². The van der Waals surface area contributed by atoms with Crippen molar-refractivity contribution in [3.63, 3.8) is 0 Å². The van der Waals surface area contributed by atoms with Crippen molar-refractivity contribution in [2.24, 2.45) is 0 Å². The summed E-state index contributed by atoms with van der Waals surface area (Å²) in [6, 6.07) is 13.9. The first-order valence-corrected chi connectivity index (χ1v) is 8.34. The Morgan fingerprint density at radius 1 is 1.27 bits per heavy atom. The summed E-state index contributed by atoms with van der Waals surface area (Å²) >= 11 is 0. The average Bonchev–Trinajstić information content (AvgIpc) is 3.25. The first kappa shape index (κ1) is 16.7. The lowest BCUT2D eigenvalue weighted by atomic mass is 10.2. The van der Waals surface area contributed by atoms with E-state index >= 15 is 0 Å². The van der Waals surface area contributed by atoms with E-state index < -0.39 is 24.4 Å². The maximum Gasteiger partial charge on any atom is 0.343 e. The molecule has 0 amide bonds. The number of nitrogens with zero attached hydrogens (tertiary/aromatic N) is 2. The summed E-state index contributed by atoms with van der Waals surface area (Å²) in [6.07, 6.45) is 0.181. The van der Waals surface area contributed by atoms with Gasteiger partial charge >= 0.3 is 5.97 Å². The summed E-state index contributed by atoms with van der Waals surface area (Å²) < 4.78 is 12.9. The summed E-state index contributed by atoms with van der Waals surface area (Å²) in [6.45, 7) is -0.246. The molecule has 1 aliphatic heterocycles. The molecule has 0 bridgehead atoms. The maximum atomic E-state index is 12.2. The zero-order chi connectivity index (χ0) is 18.1. The molecular weight excluding hydrogens is 336 g/mol. The number of esters is 1. The van der Waals surface area contributed by atoms with Gasteiger partial charge in [-0.3, -0.25) is 0 Å². The Labute approximate surface area is 149 Å². The number of aliphatic hydroxyl groups excluding tert-OH is 2. The lowest BCUT2D eigenvalue weighted by Gasteiger charge is -2.14. The second-order valence-electron chi connectivity index (χ2n) is 6.17. The van der Waals surface area contributed by atoms with Gasteiger partial charge in [0.25, 0.3) is 0 Å². The molecule has 0 unspecified atom stereocenters. The number of carbonyl (C=O) groups excluding carboxylic acids is 1. The number of benzene rings is 2. The average molecular weight is 354 g/mol. The molecule has 7 heteroatoms. The fourth-order valence-electron chi connectivity index (χ4n) is 3.09. The number of aromatic nitrogens is 2. The second kappa shape index (κ2) is 6.87. The summed E-state index contributed by atoms with van der Waals surface area (Å²) in [4.78, 5) is 16.5. The van der Waals surface area contributed by atoms with E-state index in [0.717, 1.165) is 11.0 Å². The molecule has 0 spiro atoms. The highest BCUT2D eigenvalue weighted by atomic mass is 16.5. The van der Waals surface area contributed by atoms with Gasteiger partial charge in [0.15, 0.2) is 0 Å². The predicted molar refractivity (Wildman–Crippen MR) is 92.8 cm³/mol. The number of imidazole rings is 1. The molecule has 2 aromatic carbocycles. The van der Waals surface area contributed by atoms with E-state index in [0.29, 0.717) is 17.7 Å². The molecule has 1 aromatic heterocycles. The van der Waals surface area contributed by atoms with Crippen LogP contribution < -0.4 is 4.74 Å². The van der Waals surface area contributed by atoms with Crippen LogP contribution in [0.1, 0.15) is 23.0 Å². The number of carbonyl (C=O) groups is 1. The highest BCUT2D eigenvalue weighted by Crippen LogP contribution is 2.32. The summed E-state index contributed by atoms with van der Waals surface area (Å²) in [7, 11) is 0. The van der Waals surface area contributed by atoms with Gasteiger partial charge in [-0.05, 0) is 24.3 Å². The summed E-state index contributed by atoms with van der Waals surface area (Å²) in [5.74, 6) is -0.0470. The summed E-state index contributed by atoms with van der Waals surface area (Å²) in [5.41, 5.74) is 1.91. The minimum Gasteiger partial charge on any atom is -0.423 e. The molecule has 1 fully saturated rings. The minimum absolute atomic E-state index is 0.246. The quantitative estimate of drug-likeness (QED) is 0.549. The summed E-state index contributed by atoms with van der Waals surface area (Å²) in [5, 5.41) is 19.2. The highest BCUT2D eigenvalue weighted by Gasteiger charge is 2.35. The Bertz CT molecular complexity index is 924. The Kier molecular flexibility index (Phi) is 4.42. The Morgan fingerprint density at radius 3 is 2.81 bits per heavy atom. The molecular formula is C19H18N2O5. The lowest BCUT2D eigenvalue weighted by molar-refractivity contribution is -0.0430. The number of fused-ring (bicyclic) bond motifs is 1. The van der Waals surface area contributed by atoms with Crippen LogP contribution in [0.15, 0.2) is 54.9 Å². The zero-order valence-corrected chi connectivity index (χ0v) is 13.9. The van der Waals surface area contributed by atoms with Crippen molar-refractivity contribution in [3.05, 3.63) is 60.4 Å². The van der Waals surface area contributed by atoms with Crippen LogP contribution in [0.2, 0.25) is 0 Å². The predicted octanol–water partition coefficient (Wildman–Crippen LogP) is 1.90. The molecule has 2 N–H and O–H groups in total. The van der Waals surface area contributed by atoms with Crippen LogP contribution in [-0.2, 0) is 4.74 Å². The molecule has 7 nitrogen and oxygen atoms in total. The molecule has 4 rings (SSSR count). The van der Waals surface area contributed by atoms with Crippen LogP contribution in [0.5, 0.6) is 5.75 Å². The zero-order valence-electron chi connectivity index (χ0n) is 13.9. The van der Waals surface area contributed by atoms with Gasteiger partial charge in [-0.15, -0.1) is 0 Å². The third kappa shape index (κ3) is 3.08. The van der Waals surface area contributed by atoms with Crippen LogP contribution in [0.4, 0.5) is 0 Å². The molecule has 1 saturated heterocycles.